The van der Waals surface area contributed by atoms with Crippen LogP contribution in [0.2, 0.25) is 5.02 Å². The van der Waals surface area contributed by atoms with Crippen LogP contribution in [-0.2, 0) is 4.79 Å². The average molecular weight is 299 g/mol. The van der Waals surface area contributed by atoms with E-state index in [2.05, 4.69) is 5.32 Å². The van der Waals surface area contributed by atoms with E-state index in [0.29, 0.717) is 22.2 Å². The number of hydrogen-bond donors (Lipinski definition) is 1. The molecule has 0 saturated heterocycles. The molecule has 0 aromatic heterocycles. The van der Waals surface area contributed by atoms with Crippen LogP contribution < -0.4 is 14.8 Å². The van der Waals surface area contributed by atoms with Gasteiger partial charge >= 0.3 is 0 Å². The van der Waals surface area contributed by atoms with E-state index in [0.717, 1.165) is 0 Å². The topological polar surface area (TPSA) is 47.6 Å². The quantitative estimate of drug-likeness (QED) is 0.869. The van der Waals surface area contributed by atoms with Crippen molar-refractivity contribution in [2.75, 3.05) is 19.5 Å². The Morgan fingerprint density at radius 3 is 2.29 bits per heavy atom. The van der Waals surface area contributed by atoms with Gasteiger partial charge in [-0.2, -0.15) is 0 Å². The number of halogens is 3. The van der Waals surface area contributed by atoms with E-state index in [1.807, 2.05) is 0 Å². The molecule has 0 fully saturated rings. The van der Waals surface area contributed by atoms with Crippen molar-refractivity contribution < 1.29 is 14.3 Å². The van der Waals surface area contributed by atoms with Crippen molar-refractivity contribution in [3.05, 3.63) is 17.2 Å². The maximum absolute atomic E-state index is 11.3. The van der Waals surface area contributed by atoms with Gasteiger partial charge in [-0.05, 0) is 6.07 Å². The summed E-state index contributed by atoms with van der Waals surface area (Å²) in [6.07, 6.45) is 0. The van der Waals surface area contributed by atoms with Crippen LogP contribution in [-0.4, -0.2) is 25.0 Å². The van der Waals surface area contributed by atoms with Gasteiger partial charge in [0.2, 0.25) is 0 Å². The fourth-order valence-corrected chi connectivity index (χ4v) is 1.49. The molecule has 1 aromatic carbocycles. The Morgan fingerprint density at radius 2 is 1.82 bits per heavy atom. The molecule has 1 aromatic rings. The Hall–Kier alpha value is -0.840. The fourth-order valence-electron chi connectivity index (χ4n) is 1.15. The maximum atomic E-state index is 11.3. The number of carbonyl (C=O) groups excluding carboxylic acids is 1. The van der Waals surface area contributed by atoms with E-state index in [1.54, 1.807) is 6.07 Å². The van der Waals surface area contributed by atoms with Gasteiger partial charge in [0, 0.05) is 6.07 Å². The molecule has 0 radical (unpaired) electrons. The first-order chi connectivity index (χ1) is 7.99. The molecule has 1 amide bonds. The third-order valence-electron chi connectivity index (χ3n) is 1.93. The van der Waals surface area contributed by atoms with Gasteiger partial charge in [-0.3, -0.25) is 4.79 Å². The second-order valence-electron chi connectivity index (χ2n) is 2.98. The Labute approximate surface area is 114 Å². The summed E-state index contributed by atoms with van der Waals surface area (Å²) in [6.45, 7) is 0. The molecule has 0 aliphatic carbocycles. The van der Waals surface area contributed by atoms with E-state index >= 15 is 0 Å². The van der Waals surface area contributed by atoms with Gasteiger partial charge in [-0.1, -0.05) is 34.8 Å². The van der Waals surface area contributed by atoms with Crippen LogP contribution in [0.15, 0.2) is 12.1 Å². The summed E-state index contributed by atoms with van der Waals surface area (Å²) >= 11 is 16.8. The van der Waals surface area contributed by atoms with Gasteiger partial charge in [-0.15, -0.1) is 0 Å². The summed E-state index contributed by atoms with van der Waals surface area (Å²) < 4.78 is 10.1. The summed E-state index contributed by atoms with van der Waals surface area (Å²) in [6, 6.07) is 3.04. The van der Waals surface area contributed by atoms with Crippen LogP contribution in [0.3, 0.4) is 0 Å². The lowest BCUT2D eigenvalue weighted by Gasteiger charge is -2.13. The molecule has 0 spiro atoms. The highest BCUT2D eigenvalue weighted by atomic mass is 35.5. The molecular formula is C10H10Cl3NO3. The normalized spacial score (nSPS) is 10.2. The van der Waals surface area contributed by atoms with Gasteiger partial charge in [0.05, 0.1) is 24.9 Å². The number of nitrogens with one attached hydrogen (secondary N) is 1. The van der Waals surface area contributed by atoms with Crippen LogP contribution in [0.1, 0.15) is 0 Å². The van der Waals surface area contributed by atoms with E-state index < -0.39 is 10.7 Å². The largest absolute Gasteiger partial charge is 0.495 e. The van der Waals surface area contributed by atoms with Crippen LogP contribution in [0.4, 0.5) is 5.69 Å². The molecule has 4 nitrogen and oxygen atoms in total. The highest BCUT2D eigenvalue weighted by molar-refractivity contribution is 6.54. The molecule has 7 heteroatoms. The van der Waals surface area contributed by atoms with Gasteiger partial charge in [0.1, 0.15) is 11.5 Å². The van der Waals surface area contributed by atoms with Gasteiger partial charge < -0.3 is 14.8 Å². The van der Waals surface area contributed by atoms with Crippen molar-refractivity contribution in [2.24, 2.45) is 0 Å². The van der Waals surface area contributed by atoms with Crippen LogP contribution in [0, 0.1) is 0 Å². The van der Waals surface area contributed by atoms with Gasteiger partial charge in [0.25, 0.3) is 5.91 Å². The van der Waals surface area contributed by atoms with Gasteiger partial charge in [0.15, 0.2) is 4.84 Å². The molecule has 0 aliphatic rings. The average Bonchev–Trinajstić information content (AvgIpc) is 2.29. The number of alkyl halides is 2. The van der Waals surface area contributed by atoms with Crippen molar-refractivity contribution in [1.82, 2.24) is 0 Å². The van der Waals surface area contributed by atoms with Crippen molar-refractivity contribution in [1.29, 1.82) is 0 Å². The zero-order chi connectivity index (χ0) is 13.0. The van der Waals surface area contributed by atoms with Gasteiger partial charge in [-0.25, -0.2) is 0 Å². The molecule has 0 heterocycles. The fraction of sp³-hybridized carbons (Fsp3) is 0.300. The third-order valence-corrected chi connectivity index (χ3v) is 2.62. The summed E-state index contributed by atoms with van der Waals surface area (Å²) in [5, 5.41) is 2.82. The zero-order valence-electron chi connectivity index (χ0n) is 9.09. The first-order valence-electron chi connectivity index (χ1n) is 4.50. The number of hydrogen-bond acceptors (Lipinski definition) is 3. The summed E-state index contributed by atoms with van der Waals surface area (Å²) in [5.74, 6) is 0.274. The van der Waals surface area contributed by atoms with Crippen molar-refractivity contribution in [2.45, 2.75) is 4.84 Å². The van der Waals surface area contributed by atoms with Crippen molar-refractivity contribution >= 4 is 46.4 Å². The van der Waals surface area contributed by atoms with Crippen LogP contribution in [0.25, 0.3) is 0 Å². The zero-order valence-corrected chi connectivity index (χ0v) is 11.4. The first-order valence-corrected chi connectivity index (χ1v) is 5.75. The predicted molar refractivity (Wildman–Crippen MR) is 68.7 cm³/mol. The molecule has 17 heavy (non-hydrogen) atoms. The van der Waals surface area contributed by atoms with E-state index in [4.69, 9.17) is 44.3 Å². The minimum absolute atomic E-state index is 0.337. The standard InChI is InChI=1S/C10H10Cl3NO3/c1-16-7-4-8(17-2)6(3-5(7)11)14-10(15)9(12)13/h3-4,9H,1-2H3,(H,14,15). The van der Waals surface area contributed by atoms with Crippen LogP contribution >= 0.6 is 34.8 Å². The lowest BCUT2D eigenvalue weighted by atomic mass is 10.2. The Bertz CT molecular complexity index is 424. The number of rotatable bonds is 4. The SMILES string of the molecule is COc1cc(OC)c(NC(=O)C(Cl)Cl)cc1Cl. The minimum Gasteiger partial charge on any atom is -0.495 e. The number of amides is 1. The molecule has 0 saturated carbocycles. The van der Waals surface area contributed by atoms with E-state index in [1.165, 1.54) is 20.3 Å². The highest BCUT2D eigenvalue weighted by Crippen LogP contribution is 2.36. The molecule has 0 bridgehead atoms. The molecule has 1 rings (SSSR count). The second-order valence-corrected chi connectivity index (χ2v) is 4.48. The maximum Gasteiger partial charge on any atom is 0.257 e. The molecular weight excluding hydrogens is 288 g/mol. The summed E-state index contributed by atoms with van der Waals surface area (Å²) in [7, 11) is 2.93. The summed E-state index contributed by atoms with van der Waals surface area (Å²) in [4.78, 5) is 10.2. The molecule has 0 aliphatic heterocycles. The highest BCUT2D eigenvalue weighted by Gasteiger charge is 2.16. The molecule has 1 N–H and O–H groups in total. The lowest BCUT2D eigenvalue weighted by molar-refractivity contribution is -0.114. The van der Waals surface area contributed by atoms with E-state index in [9.17, 15) is 4.79 Å². The number of methoxy groups -OCH3 is 2. The molecule has 0 unspecified atom stereocenters. The monoisotopic (exact) mass is 297 g/mol. The van der Waals surface area contributed by atoms with E-state index in [-0.39, 0.29) is 0 Å². The third kappa shape index (κ3) is 3.56. The number of benzene rings is 1. The molecule has 94 valence electrons. The Balaban J connectivity index is 3.06. The smallest absolute Gasteiger partial charge is 0.257 e. The Kier molecular flexibility index (Phi) is 5.18. The summed E-state index contributed by atoms with van der Waals surface area (Å²) in [5.41, 5.74) is 0.370. The molecule has 0 atom stereocenters. The second kappa shape index (κ2) is 6.19. The Morgan fingerprint density at radius 1 is 1.24 bits per heavy atom. The minimum atomic E-state index is -1.17. The number of carbonyl (C=O) groups is 1. The van der Waals surface area contributed by atoms with Crippen molar-refractivity contribution in [3.8, 4) is 11.5 Å². The van der Waals surface area contributed by atoms with Crippen LogP contribution in [0.5, 0.6) is 11.5 Å². The number of ether oxygens (including phenoxy) is 2. The number of anilines is 1. The predicted octanol–water partition coefficient (Wildman–Crippen LogP) is 3.10. The van der Waals surface area contributed by atoms with Crippen molar-refractivity contribution in [3.63, 3.8) is 0 Å². The lowest BCUT2D eigenvalue weighted by Crippen LogP contribution is -2.19. The first kappa shape index (κ1) is 14.2.